The highest BCUT2D eigenvalue weighted by Gasteiger charge is 2.20. The van der Waals surface area contributed by atoms with Crippen molar-refractivity contribution in [2.24, 2.45) is 0 Å². The molecule has 0 spiro atoms. The Morgan fingerprint density at radius 1 is 0.367 bits per heavy atom. The van der Waals surface area contributed by atoms with Gasteiger partial charge in [-0.1, -0.05) is 127 Å². The number of benzene rings is 8. The predicted octanol–water partition coefficient (Wildman–Crippen LogP) is 13.4. The van der Waals surface area contributed by atoms with Crippen LogP contribution in [0.5, 0.6) is 0 Å². The van der Waals surface area contributed by atoms with Crippen molar-refractivity contribution in [3.8, 4) is 16.8 Å². The van der Waals surface area contributed by atoms with Crippen molar-refractivity contribution >= 4 is 81.1 Å². The molecule has 0 aliphatic carbocycles. The van der Waals surface area contributed by atoms with Crippen LogP contribution in [0.1, 0.15) is 0 Å². The van der Waals surface area contributed by atoms with Crippen molar-refractivity contribution in [3.05, 3.63) is 182 Å². The number of hydrogen-bond donors (Lipinski definition) is 0. The van der Waals surface area contributed by atoms with Crippen molar-refractivity contribution in [1.29, 1.82) is 0 Å². The summed E-state index contributed by atoms with van der Waals surface area (Å²) in [5.41, 5.74) is 9.45. The standard InChI is InChI=1S/C46H30N2S/c1-2-14-31(15-3-1)47(32-26-27-40-39-21-9-13-25-45(39)49-46(40)30-32)44-29-28-34(33-16-4-5-17-35(33)44)36-18-6-10-22-41(36)48-42-23-11-7-19-37(42)38-20-8-12-24-43(38)48/h1-30H. The molecule has 10 rings (SSSR count). The van der Waals surface area contributed by atoms with Gasteiger partial charge in [0.1, 0.15) is 0 Å². The molecule has 0 atom stereocenters. The van der Waals surface area contributed by atoms with Crippen LogP contribution in [0.3, 0.4) is 0 Å². The number of aromatic nitrogens is 1. The van der Waals surface area contributed by atoms with Crippen LogP contribution in [0.4, 0.5) is 17.1 Å². The van der Waals surface area contributed by atoms with Crippen molar-refractivity contribution in [2.45, 2.75) is 0 Å². The maximum Gasteiger partial charge on any atom is 0.0541 e. The SMILES string of the molecule is c1ccc(N(c2ccc3c(c2)sc2ccccc23)c2ccc(-c3ccccc3-n3c4ccccc4c4ccccc43)c3ccccc23)cc1. The third-order valence-electron chi connectivity index (χ3n) is 9.79. The summed E-state index contributed by atoms with van der Waals surface area (Å²) in [5, 5.41) is 7.58. The van der Waals surface area contributed by atoms with Crippen molar-refractivity contribution in [2.75, 3.05) is 4.90 Å². The minimum Gasteiger partial charge on any atom is -0.310 e. The Hall–Kier alpha value is -6.16. The van der Waals surface area contributed by atoms with Crippen LogP contribution in [0.15, 0.2) is 182 Å². The molecule has 0 radical (unpaired) electrons. The van der Waals surface area contributed by atoms with Gasteiger partial charge in [0.05, 0.1) is 22.4 Å². The lowest BCUT2D eigenvalue weighted by Gasteiger charge is -2.28. The van der Waals surface area contributed by atoms with Gasteiger partial charge in [0, 0.05) is 53.3 Å². The molecule has 0 saturated heterocycles. The second-order valence-electron chi connectivity index (χ2n) is 12.5. The zero-order valence-corrected chi connectivity index (χ0v) is 27.4. The first-order valence-corrected chi connectivity index (χ1v) is 17.5. The number of anilines is 3. The fourth-order valence-electron chi connectivity index (χ4n) is 7.65. The van der Waals surface area contributed by atoms with Crippen LogP contribution in [0.2, 0.25) is 0 Å². The zero-order valence-electron chi connectivity index (χ0n) is 26.6. The molecule has 2 heterocycles. The Balaban J connectivity index is 1.20. The lowest BCUT2D eigenvalue weighted by molar-refractivity contribution is 1.18. The van der Waals surface area contributed by atoms with Gasteiger partial charge < -0.3 is 9.47 Å². The summed E-state index contributed by atoms with van der Waals surface area (Å²) in [7, 11) is 0. The molecule has 2 nitrogen and oxygen atoms in total. The Kier molecular flexibility index (Phi) is 6.39. The highest BCUT2D eigenvalue weighted by atomic mass is 32.1. The van der Waals surface area contributed by atoms with Crippen LogP contribution in [-0.4, -0.2) is 4.57 Å². The largest absolute Gasteiger partial charge is 0.310 e. The summed E-state index contributed by atoms with van der Waals surface area (Å²) in [6, 6.07) is 66.2. The molecule has 49 heavy (non-hydrogen) atoms. The molecule has 10 aromatic rings. The first kappa shape index (κ1) is 27.9. The molecule has 0 aliphatic heterocycles. The molecule has 8 aromatic carbocycles. The van der Waals surface area contributed by atoms with E-state index in [-0.39, 0.29) is 0 Å². The highest BCUT2D eigenvalue weighted by Crippen LogP contribution is 2.45. The third-order valence-corrected chi connectivity index (χ3v) is 10.9. The Morgan fingerprint density at radius 2 is 0.959 bits per heavy atom. The monoisotopic (exact) mass is 642 g/mol. The number of rotatable bonds is 5. The molecular formula is C46H30N2S. The molecular weight excluding hydrogens is 613 g/mol. The van der Waals surface area contributed by atoms with Gasteiger partial charge in [0.15, 0.2) is 0 Å². The van der Waals surface area contributed by atoms with Crippen LogP contribution < -0.4 is 4.90 Å². The number of para-hydroxylation sites is 4. The normalized spacial score (nSPS) is 11.7. The van der Waals surface area contributed by atoms with E-state index in [4.69, 9.17) is 0 Å². The summed E-state index contributed by atoms with van der Waals surface area (Å²) in [6.45, 7) is 0. The van der Waals surface area contributed by atoms with E-state index in [1.807, 2.05) is 11.3 Å². The number of hydrogen-bond acceptors (Lipinski definition) is 2. The minimum atomic E-state index is 1.13. The average Bonchev–Trinajstić information content (AvgIpc) is 3.71. The van der Waals surface area contributed by atoms with E-state index < -0.39 is 0 Å². The van der Waals surface area contributed by atoms with E-state index in [0.717, 1.165) is 17.1 Å². The summed E-state index contributed by atoms with van der Waals surface area (Å²) >= 11 is 1.86. The van der Waals surface area contributed by atoms with E-state index in [0.29, 0.717) is 0 Å². The predicted molar refractivity (Wildman–Crippen MR) is 211 cm³/mol. The van der Waals surface area contributed by atoms with Crippen LogP contribution >= 0.6 is 11.3 Å². The summed E-state index contributed by atoms with van der Waals surface area (Å²) in [4.78, 5) is 2.41. The Labute approximate surface area is 288 Å². The molecule has 3 heteroatoms. The molecule has 0 aliphatic rings. The first-order valence-electron chi connectivity index (χ1n) is 16.7. The fraction of sp³-hybridized carbons (Fsp3) is 0. The van der Waals surface area contributed by atoms with E-state index in [1.54, 1.807) is 0 Å². The van der Waals surface area contributed by atoms with E-state index in [2.05, 4.69) is 191 Å². The van der Waals surface area contributed by atoms with Crippen molar-refractivity contribution in [3.63, 3.8) is 0 Å². The van der Waals surface area contributed by atoms with Crippen LogP contribution in [0.25, 0.3) is 69.6 Å². The van der Waals surface area contributed by atoms with Gasteiger partial charge in [-0.25, -0.2) is 0 Å². The lowest BCUT2D eigenvalue weighted by Crippen LogP contribution is -2.10. The van der Waals surface area contributed by atoms with Crippen LogP contribution in [-0.2, 0) is 0 Å². The van der Waals surface area contributed by atoms with Crippen LogP contribution in [0, 0.1) is 0 Å². The topological polar surface area (TPSA) is 8.17 Å². The first-order chi connectivity index (χ1) is 24.3. The Morgan fingerprint density at radius 3 is 1.73 bits per heavy atom. The maximum absolute atomic E-state index is 2.43. The van der Waals surface area contributed by atoms with Gasteiger partial charge >= 0.3 is 0 Å². The molecule has 0 fully saturated rings. The minimum absolute atomic E-state index is 1.13. The van der Waals surface area contributed by atoms with Crippen molar-refractivity contribution < 1.29 is 0 Å². The number of fused-ring (bicyclic) bond motifs is 7. The molecule has 0 saturated carbocycles. The lowest BCUT2D eigenvalue weighted by atomic mass is 9.95. The smallest absolute Gasteiger partial charge is 0.0541 e. The number of nitrogens with zero attached hydrogens (tertiary/aromatic N) is 2. The van der Waals surface area contributed by atoms with Gasteiger partial charge in [0.2, 0.25) is 0 Å². The molecule has 230 valence electrons. The summed E-state index contributed by atoms with van der Waals surface area (Å²) < 4.78 is 5.04. The molecule has 0 amide bonds. The second-order valence-corrected chi connectivity index (χ2v) is 13.6. The quantitative estimate of drug-likeness (QED) is 0.181. The summed E-state index contributed by atoms with van der Waals surface area (Å²) in [5.74, 6) is 0. The Bertz CT molecular complexity index is 2790. The molecule has 0 N–H and O–H groups in total. The van der Waals surface area contributed by atoms with E-state index in [1.165, 1.54) is 69.6 Å². The van der Waals surface area contributed by atoms with Gasteiger partial charge in [-0.05, 0) is 65.5 Å². The average molecular weight is 643 g/mol. The van der Waals surface area contributed by atoms with Gasteiger partial charge in [-0.15, -0.1) is 11.3 Å². The highest BCUT2D eigenvalue weighted by molar-refractivity contribution is 7.25. The third kappa shape index (κ3) is 4.40. The van der Waals surface area contributed by atoms with Gasteiger partial charge in [-0.3, -0.25) is 0 Å². The molecule has 2 aromatic heterocycles. The van der Waals surface area contributed by atoms with Gasteiger partial charge in [-0.2, -0.15) is 0 Å². The van der Waals surface area contributed by atoms with E-state index in [9.17, 15) is 0 Å². The number of thiophene rings is 1. The van der Waals surface area contributed by atoms with Crippen molar-refractivity contribution in [1.82, 2.24) is 4.57 Å². The fourth-order valence-corrected chi connectivity index (χ4v) is 8.79. The molecule has 0 bridgehead atoms. The van der Waals surface area contributed by atoms with E-state index >= 15 is 0 Å². The second kappa shape index (κ2) is 11.2. The summed E-state index contributed by atoms with van der Waals surface area (Å²) in [6.07, 6.45) is 0. The molecule has 0 unspecified atom stereocenters. The maximum atomic E-state index is 2.43. The van der Waals surface area contributed by atoms with Gasteiger partial charge in [0.25, 0.3) is 0 Å². The zero-order chi connectivity index (χ0) is 32.3.